The first-order valence-corrected chi connectivity index (χ1v) is 7.36. The molecule has 0 fully saturated rings. The number of rotatable bonds is 1. The average Bonchev–Trinajstić information content (AvgIpc) is 3.18. The summed E-state index contributed by atoms with van der Waals surface area (Å²) in [5.41, 5.74) is 2.28. The van der Waals surface area contributed by atoms with Crippen LogP contribution in [0.2, 0.25) is 0 Å². The highest BCUT2D eigenvalue weighted by molar-refractivity contribution is 5.59. The number of hydrogen-bond donors (Lipinski definition) is 1. The lowest BCUT2D eigenvalue weighted by Crippen LogP contribution is -1.91. The summed E-state index contributed by atoms with van der Waals surface area (Å²) in [5, 5.41) is 14.0. The first-order chi connectivity index (χ1) is 11.7. The molecule has 0 unspecified atom stereocenters. The molecule has 1 aromatic carbocycles. The zero-order chi connectivity index (χ0) is 16.5. The van der Waals surface area contributed by atoms with Crippen LogP contribution in [0.3, 0.4) is 0 Å². The lowest BCUT2D eigenvalue weighted by atomic mass is 10.2. The molecule has 0 saturated heterocycles. The summed E-state index contributed by atoms with van der Waals surface area (Å²) in [6.45, 7) is 0. The van der Waals surface area contributed by atoms with Crippen molar-refractivity contribution in [2.75, 3.05) is 0 Å². The molecule has 0 amide bonds. The molecule has 0 aliphatic heterocycles. The van der Waals surface area contributed by atoms with Gasteiger partial charge in [0.2, 0.25) is 5.82 Å². The van der Waals surface area contributed by atoms with Gasteiger partial charge in [-0.05, 0) is 24.0 Å². The third kappa shape index (κ3) is 2.48. The van der Waals surface area contributed by atoms with E-state index in [1.165, 1.54) is 4.52 Å². The number of imidazole rings is 1. The normalized spacial score (nSPS) is 10.5. The first-order valence-electron chi connectivity index (χ1n) is 7.36. The second kappa shape index (κ2) is 5.56. The first kappa shape index (κ1) is 14.0. The number of pyridine rings is 1. The van der Waals surface area contributed by atoms with Gasteiger partial charge in [-0.3, -0.25) is 0 Å². The number of benzene rings is 1. The van der Waals surface area contributed by atoms with Gasteiger partial charge in [0.1, 0.15) is 0 Å². The third-order valence-corrected chi connectivity index (χ3v) is 3.57. The third-order valence-electron chi connectivity index (χ3n) is 3.57. The molecule has 0 bridgehead atoms. The molecule has 116 valence electrons. The minimum absolute atomic E-state index is 0.0707. The highest BCUT2D eigenvalue weighted by Crippen LogP contribution is 2.17. The van der Waals surface area contributed by atoms with Crippen molar-refractivity contribution in [2.24, 2.45) is 7.05 Å². The van der Waals surface area contributed by atoms with Crippen molar-refractivity contribution in [3.8, 4) is 28.8 Å². The molecule has 4 rings (SSSR count). The van der Waals surface area contributed by atoms with Crippen molar-refractivity contribution in [3.63, 3.8) is 0 Å². The molecule has 0 aliphatic carbocycles. The molecule has 0 saturated carbocycles. The van der Waals surface area contributed by atoms with Crippen molar-refractivity contribution < 1.29 is 5.11 Å². The minimum atomic E-state index is 0.0707. The van der Waals surface area contributed by atoms with Crippen LogP contribution in [0, 0.1) is 11.8 Å². The molecule has 6 heteroatoms. The Kier molecular flexibility index (Phi) is 3.25. The van der Waals surface area contributed by atoms with E-state index in [9.17, 15) is 5.11 Å². The predicted molar refractivity (Wildman–Crippen MR) is 89.3 cm³/mol. The van der Waals surface area contributed by atoms with Crippen LogP contribution in [0.1, 0.15) is 11.6 Å². The lowest BCUT2D eigenvalue weighted by molar-refractivity contribution is 0.477. The zero-order valence-electron chi connectivity index (χ0n) is 12.9. The minimum Gasteiger partial charge on any atom is -0.504 e. The molecule has 3 aromatic heterocycles. The summed E-state index contributed by atoms with van der Waals surface area (Å²) in [6, 6.07) is 13.2. The van der Waals surface area contributed by atoms with Gasteiger partial charge in [-0.1, -0.05) is 30.3 Å². The van der Waals surface area contributed by atoms with Gasteiger partial charge in [0.15, 0.2) is 17.2 Å². The second-order valence-corrected chi connectivity index (χ2v) is 5.27. The van der Waals surface area contributed by atoms with Crippen molar-refractivity contribution in [3.05, 3.63) is 66.5 Å². The molecule has 24 heavy (non-hydrogen) atoms. The molecular formula is C18H13N5O. The number of aromatic hydroxyl groups is 1. The number of aryl methyl sites for hydroxylation is 1. The van der Waals surface area contributed by atoms with E-state index in [4.69, 9.17) is 0 Å². The molecule has 3 heterocycles. The molecule has 0 radical (unpaired) electrons. The van der Waals surface area contributed by atoms with Crippen LogP contribution >= 0.6 is 0 Å². The van der Waals surface area contributed by atoms with E-state index in [0.29, 0.717) is 17.3 Å². The van der Waals surface area contributed by atoms with E-state index in [-0.39, 0.29) is 5.75 Å². The van der Waals surface area contributed by atoms with Crippen LogP contribution in [0.25, 0.3) is 16.9 Å². The van der Waals surface area contributed by atoms with E-state index < -0.39 is 0 Å². The van der Waals surface area contributed by atoms with E-state index in [2.05, 4.69) is 26.9 Å². The largest absolute Gasteiger partial charge is 0.504 e. The highest BCUT2D eigenvalue weighted by Gasteiger charge is 2.07. The topological polar surface area (TPSA) is 68.2 Å². The van der Waals surface area contributed by atoms with Crippen LogP contribution < -0.4 is 0 Å². The zero-order valence-corrected chi connectivity index (χ0v) is 12.9. The van der Waals surface area contributed by atoms with E-state index >= 15 is 0 Å². The fraction of sp³-hybridized carbons (Fsp3) is 0.0556. The highest BCUT2D eigenvalue weighted by atomic mass is 16.3. The Morgan fingerprint density at radius 2 is 1.83 bits per heavy atom. The van der Waals surface area contributed by atoms with Crippen LogP contribution in [0.5, 0.6) is 5.75 Å². The molecule has 0 spiro atoms. The molecule has 4 aromatic rings. The van der Waals surface area contributed by atoms with Gasteiger partial charge in [0.05, 0.1) is 5.69 Å². The summed E-state index contributed by atoms with van der Waals surface area (Å²) in [7, 11) is 1.90. The van der Waals surface area contributed by atoms with Gasteiger partial charge in [0, 0.05) is 25.0 Å². The number of nitrogens with zero attached hydrogens (tertiary/aromatic N) is 5. The summed E-state index contributed by atoms with van der Waals surface area (Å²) in [6.07, 6.45) is 3.64. The van der Waals surface area contributed by atoms with Crippen LogP contribution in [-0.2, 0) is 7.05 Å². The van der Waals surface area contributed by atoms with Crippen molar-refractivity contribution in [1.29, 1.82) is 0 Å². The van der Waals surface area contributed by atoms with Crippen molar-refractivity contribution >= 4 is 5.65 Å². The van der Waals surface area contributed by atoms with Crippen LogP contribution in [0.15, 0.2) is 54.9 Å². The lowest BCUT2D eigenvalue weighted by Gasteiger charge is -1.92. The van der Waals surface area contributed by atoms with Gasteiger partial charge in [-0.2, -0.15) is 4.98 Å². The van der Waals surface area contributed by atoms with Gasteiger partial charge >= 0.3 is 0 Å². The van der Waals surface area contributed by atoms with Crippen molar-refractivity contribution in [1.82, 2.24) is 24.1 Å². The van der Waals surface area contributed by atoms with E-state index in [0.717, 1.165) is 11.3 Å². The van der Waals surface area contributed by atoms with Crippen molar-refractivity contribution in [2.45, 2.75) is 0 Å². The maximum absolute atomic E-state index is 9.76. The van der Waals surface area contributed by atoms with E-state index in [1.807, 2.05) is 48.1 Å². The molecule has 0 aliphatic rings. The fourth-order valence-electron chi connectivity index (χ4n) is 2.39. The Balaban J connectivity index is 1.70. The smallest absolute Gasteiger partial charge is 0.226 e. The Morgan fingerprint density at radius 3 is 2.62 bits per heavy atom. The second-order valence-electron chi connectivity index (χ2n) is 5.27. The maximum atomic E-state index is 9.76. The standard InChI is InChI=1S/C18H13N5O/c1-22-12-14(13-6-3-2-4-7-13)19-17(22)10-9-16-20-18-15(24)8-5-11-23(18)21-16/h2-8,11-12,24H,1H3. The molecule has 0 atom stereocenters. The SMILES string of the molecule is Cn1cc(-c2ccccc2)nc1C#Cc1nc2c(O)cccn2n1. The summed E-state index contributed by atoms with van der Waals surface area (Å²) < 4.78 is 3.36. The van der Waals surface area contributed by atoms with Gasteiger partial charge < -0.3 is 9.67 Å². The summed E-state index contributed by atoms with van der Waals surface area (Å²) in [4.78, 5) is 8.76. The number of hydrogen-bond acceptors (Lipinski definition) is 4. The van der Waals surface area contributed by atoms with Gasteiger partial charge in [-0.15, -0.1) is 5.10 Å². The summed E-state index contributed by atoms with van der Waals surface area (Å²) in [5.74, 6) is 6.90. The Labute approximate surface area is 138 Å². The molecule has 6 nitrogen and oxygen atoms in total. The molecular weight excluding hydrogens is 302 g/mol. The van der Waals surface area contributed by atoms with E-state index in [1.54, 1.807) is 18.3 Å². The van der Waals surface area contributed by atoms with Gasteiger partial charge in [-0.25, -0.2) is 9.50 Å². The van der Waals surface area contributed by atoms with Crippen LogP contribution in [-0.4, -0.2) is 29.3 Å². The predicted octanol–water partition coefficient (Wildman–Crippen LogP) is 2.24. The number of fused-ring (bicyclic) bond motifs is 1. The monoisotopic (exact) mass is 315 g/mol. The average molecular weight is 315 g/mol. The Bertz CT molecular complexity index is 1080. The molecule has 1 N–H and O–H groups in total. The summed E-state index contributed by atoms with van der Waals surface area (Å²) >= 11 is 0. The van der Waals surface area contributed by atoms with Gasteiger partial charge in [0.25, 0.3) is 0 Å². The number of aromatic nitrogens is 5. The Hall–Kier alpha value is -3.59. The maximum Gasteiger partial charge on any atom is 0.226 e. The fourth-order valence-corrected chi connectivity index (χ4v) is 2.39. The Morgan fingerprint density at radius 1 is 1.00 bits per heavy atom. The quantitative estimate of drug-likeness (QED) is 0.547. The van der Waals surface area contributed by atoms with Crippen LogP contribution in [0.4, 0.5) is 0 Å².